The highest BCUT2D eigenvalue weighted by molar-refractivity contribution is 6.30. The van der Waals surface area contributed by atoms with Crippen molar-refractivity contribution in [3.63, 3.8) is 0 Å². The summed E-state index contributed by atoms with van der Waals surface area (Å²) < 4.78 is 6.17. The van der Waals surface area contributed by atoms with Crippen LogP contribution in [0.3, 0.4) is 0 Å². The Hall–Kier alpha value is -0.570. The molecule has 1 aliphatic heterocycles. The Morgan fingerprint density at radius 3 is 2.55 bits per heavy atom. The fourth-order valence-corrected chi connectivity index (χ4v) is 3.44. The van der Waals surface area contributed by atoms with E-state index in [2.05, 4.69) is 52.1 Å². The molecule has 0 bridgehead atoms. The molecule has 0 aromatic heterocycles. The maximum Gasteiger partial charge on any atom is 0.0787 e. The Morgan fingerprint density at radius 2 is 2.05 bits per heavy atom. The fourth-order valence-electron chi connectivity index (χ4n) is 3.24. The minimum atomic E-state index is -0.143. The van der Waals surface area contributed by atoms with Gasteiger partial charge in [-0.2, -0.15) is 0 Å². The summed E-state index contributed by atoms with van der Waals surface area (Å²) in [7, 11) is 0. The molecule has 2 unspecified atom stereocenters. The van der Waals surface area contributed by atoms with E-state index in [-0.39, 0.29) is 11.2 Å². The first-order chi connectivity index (χ1) is 9.23. The lowest BCUT2D eigenvalue weighted by molar-refractivity contribution is -0.0705. The van der Waals surface area contributed by atoms with E-state index >= 15 is 0 Å². The first kappa shape index (κ1) is 15.8. The molecule has 20 heavy (non-hydrogen) atoms. The highest BCUT2D eigenvalue weighted by Gasteiger charge is 2.46. The van der Waals surface area contributed by atoms with Crippen LogP contribution in [0.25, 0.3) is 0 Å². The second kappa shape index (κ2) is 5.67. The van der Waals surface area contributed by atoms with E-state index in [1.807, 2.05) is 12.1 Å². The van der Waals surface area contributed by atoms with E-state index in [0.717, 1.165) is 17.9 Å². The number of halogens is 1. The van der Waals surface area contributed by atoms with Crippen molar-refractivity contribution in [2.75, 3.05) is 0 Å². The van der Waals surface area contributed by atoms with Gasteiger partial charge in [-0.3, -0.25) is 0 Å². The first-order valence-electron chi connectivity index (χ1n) is 7.45. The molecule has 1 aromatic rings. The molecule has 2 rings (SSSR count). The van der Waals surface area contributed by atoms with Crippen molar-refractivity contribution < 1.29 is 4.74 Å². The van der Waals surface area contributed by atoms with Crippen LogP contribution in [0.5, 0.6) is 0 Å². The standard InChI is InChI=1S/C17H26ClNO/c1-6-14(12-8-7-9-13(18)10-12)19-15-11-16(2,3)20-17(15,4)5/h7-10,14-15,19H,6,11H2,1-5H3. The molecule has 1 fully saturated rings. The first-order valence-corrected chi connectivity index (χ1v) is 7.83. The van der Waals surface area contributed by atoms with E-state index in [1.165, 1.54) is 5.56 Å². The van der Waals surface area contributed by atoms with Gasteiger partial charge in [0.15, 0.2) is 0 Å². The number of rotatable bonds is 4. The van der Waals surface area contributed by atoms with Crippen LogP contribution in [-0.4, -0.2) is 17.2 Å². The van der Waals surface area contributed by atoms with E-state index in [4.69, 9.17) is 16.3 Å². The van der Waals surface area contributed by atoms with Gasteiger partial charge in [0.25, 0.3) is 0 Å². The van der Waals surface area contributed by atoms with E-state index in [1.54, 1.807) is 0 Å². The van der Waals surface area contributed by atoms with Crippen LogP contribution in [0.15, 0.2) is 24.3 Å². The third kappa shape index (κ3) is 3.55. The predicted molar refractivity (Wildman–Crippen MR) is 85.3 cm³/mol. The molecule has 0 radical (unpaired) electrons. The van der Waals surface area contributed by atoms with Crippen LogP contribution >= 0.6 is 11.6 Å². The Kier molecular flexibility index (Phi) is 4.48. The van der Waals surface area contributed by atoms with Crippen molar-refractivity contribution in [3.05, 3.63) is 34.9 Å². The summed E-state index contributed by atoms with van der Waals surface area (Å²) in [6.07, 6.45) is 2.06. The predicted octanol–water partition coefficient (Wildman–Crippen LogP) is 4.73. The molecule has 0 spiro atoms. The van der Waals surface area contributed by atoms with Crippen molar-refractivity contribution in [2.45, 2.75) is 70.7 Å². The zero-order valence-corrected chi connectivity index (χ0v) is 13.9. The van der Waals surface area contributed by atoms with Gasteiger partial charge < -0.3 is 10.1 Å². The highest BCUT2D eigenvalue weighted by atomic mass is 35.5. The molecule has 2 atom stereocenters. The number of benzene rings is 1. The lowest BCUT2D eigenvalue weighted by Gasteiger charge is -2.31. The van der Waals surface area contributed by atoms with Crippen LogP contribution in [0, 0.1) is 0 Å². The van der Waals surface area contributed by atoms with Gasteiger partial charge >= 0.3 is 0 Å². The summed E-state index contributed by atoms with van der Waals surface area (Å²) >= 11 is 6.11. The molecule has 0 amide bonds. The number of hydrogen-bond donors (Lipinski definition) is 1. The van der Waals surface area contributed by atoms with Crippen molar-refractivity contribution >= 4 is 11.6 Å². The topological polar surface area (TPSA) is 21.3 Å². The molecule has 1 saturated heterocycles. The molecule has 1 aromatic carbocycles. The Balaban J connectivity index is 2.15. The van der Waals surface area contributed by atoms with Gasteiger partial charge in [0, 0.05) is 17.1 Å². The van der Waals surface area contributed by atoms with Crippen LogP contribution in [-0.2, 0) is 4.74 Å². The highest BCUT2D eigenvalue weighted by Crippen LogP contribution is 2.38. The van der Waals surface area contributed by atoms with E-state index in [0.29, 0.717) is 12.1 Å². The third-order valence-corrected chi connectivity index (χ3v) is 4.37. The van der Waals surface area contributed by atoms with Gasteiger partial charge in [-0.25, -0.2) is 0 Å². The average Bonchev–Trinajstić information content (AvgIpc) is 2.53. The van der Waals surface area contributed by atoms with Gasteiger partial charge in [-0.1, -0.05) is 30.7 Å². The molecular weight excluding hydrogens is 270 g/mol. The number of ether oxygens (including phenoxy) is 1. The van der Waals surface area contributed by atoms with Crippen LogP contribution in [0.4, 0.5) is 0 Å². The zero-order chi connectivity index (χ0) is 15.0. The molecule has 0 aliphatic carbocycles. The molecule has 0 saturated carbocycles. The largest absolute Gasteiger partial charge is 0.368 e. The summed E-state index contributed by atoms with van der Waals surface area (Å²) in [5.41, 5.74) is 1.05. The van der Waals surface area contributed by atoms with Crippen LogP contribution in [0.2, 0.25) is 5.02 Å². The second-order valence-corrected chi connectivity index (χ2v) is 7.34. The molecule has 112 valence electrons. The lowest BCUT2D eigenvalue weighted by Crippen LogP contribution is -2.44. The minimum Gasteiger partial charge on any atom is -0.368 e. The SMILES string of the molecule is CCC(NC1CC(C)(C)OC1(C)C)c1cccc(Cl)c1. The van der Waals surface area contributed by atoms with Crippen molar-refractivity contribution in [1.29, 1.82) is 0 Å². The molecule has 2 nitrogen and oxygen atoms in total. The summed E-state index contributed by atoms with van der Waals surface area (Å²) in [5.74, 6) is 0. The fraction of sp³-hybridized carbons (Fsp3) is 0.647. The Labute approximate surface area is 127 Å². The van der Waals surface area contributed by atoms with Gasteiger partial charge in [0.05, 0.1) is 11.2 Å². The van der Waals surface area contributed by atoms with E-state index in [9.17, 15) is 0 Å². The maximum atomic E-state index is 6.17. The Bertz CT molecular complexity index is 470. The number of hydrogen-bond acceptors (Lipinski definition) is 2. The van der Waals surface area contributed by atoms with Gasteiger partial charge in [0.2, 0.25) is 0 Å². The molecule has 1 aliphatic rings. The Morgan fingerprint density at radius 1 is 1.35 bits per heavy atom. The third-order valence-electron chi connectivity index (χ3n) is 4.14. The molecule has 3 heteroatoms. The summed E-state index contributed by atoms with van der Waals surface area (Å²) in [6, 6.07) is 8.79. The van der Waals surface area contributed by atoms with Crippen molar-refractivity contribution in [2.24, 2.45) is 0 Å². The molecular formula is C17H26ClNO. The monoisotopic (exact) mass is 295 g/mol. The summed E-state index contributed by atoms with van der Waals surface area (Å²) in [5, 5.41) is 4.57. The van der Waals surface area contributed by atoms with Crippen LogP contribution in [0.1, 0.15) is 59.1 Å². The lowest BCUT2D eigenvalue weighted by atomic mass is 9.92. The van der Waals surface area contributed by atoms with Crippen molar-refractivity contribution in [1.82, 2.24) is 5.32 Å². The van der Waals surface area contributed by atoms with Gasteiger partial charge in [-0.15, -0.1) is 0 Å². The van der Waals surface area contributed by atoms with Crippen LogP contribution < -0.4 is 5.32 Å². The smallest absolute Gasteiger partial charge is 0.0787 e. The second-order valence-electron chi connectivity index (χ2n) is 6.90. The van der Waals surface area contributed by atoms with Gasteiger partial charge in [0.1, 0.15) is 0 Å². The molecule has 1 N–H and O–H groups in total. The summed E-state index contributed by atoms with van der Waals surface area (Å²) in [4.78, 5) is 0. The maximum absolute atomic E-state index is 6.17. The minimum absolute atomic E-state index is 0.0617. The normalized spacial score (nSPS) is 25.6. The van der Waals surface area contributed by atoms with Crippen molar-refractivity contribution in [3.8, 4) is 0 Å². The molecule has 1 heterocycles. The number of nitrogens with one attached hydrogen (secondary N) is 1. The van der Waals surface area contributed by atoms with Gasteiger partial charge in [-0.05, 0) is 58.2 Å². The average molecular weight is 296 g/mol. The summed E-state index contributed by atoms with van der Waals surface area (Å²) in [6.45, 7) is 10.9. The zero-order valence-electron chi connectivity index (χ0n) is 13.2. The quantitative estimate of drug-likeness (QED) is 0.867. The van der Waals surface area contributed by atoms with E-state index < -0.39 is 0 Å².